The summed E-state index contributed by atoms with van der Waals surface area (Å²) in [5, 5.41) is 0.559. The molecule has 0 unspecified atom stereocenters. The molecular weight excluding hydrogens is 701 g/mol. The van der Waals surface area contributed by atoms with Gasteiger partial charge in [0, 0.05) is 44.2 Å². The molecule has 0 atom stereocenters. The average Bonchev–Trinajstić information content (AvgIpc) is 3.75. The van der Waals surface area contributed by atoms with Crippen molar-refractivity contribution in [1.29, 1.82) is 0 Å². The molecule has 0 saturated carbocycles. The number of hydrogen-bond donors (Lipinski definition) is 0. The maximum absolute atomic E-state index is 17.2. The van der Waals surface area contributed by atoms with Crippen LogP contribution in [0, 0.1) is 17.5 Å². The first-order chi connectivity index (χ1) is 25.9. The van der Waals surface area contributed by atoms with Crippen molar-refractivity contribution >= 4 is 33.6 Å². The van der Waals surface area contributed by atoms with Gasteiger partial charge in [-0.3, -0.25) is 4.90 Å². The Hall–Kier alpha value is -4.43. The Balaban J connectivity index is 0.00000245. The number of ether oxygens (including phenoxy) is 4. The number of carbonyl (C=O) groups is 1. The van der Waals surface area contributed by atoms with Gasteiger partial charge in [-0.1, -0.05) is 26.8 Å². The van der Waals surface area contributed by atoms with Gasteiger partial charge in [-0.15, -0.1) is 0 Å². The number of halogens is 3. The highest BCUT2D eigenvalue weighted by atomic mass is 19.2. The lowest BCUT2D eigenvalue weighted by Gasteiger charge is -2.36. The number of anilines is 1. The van der Waals surface area contributed by atoms with E-state index in [-0.39, 0.29) is 46.3 Å². The molecular formula is C40H51F3N6O5. The van der Waals surface area contributed by atoms with E-state index in [4.69, 9.17) is 28.9 Å². The Bertz CT molecular complexity index is 1990. The number of carbonyl (C=O) groups excluding carboxylic acids is 1. The monoisotopic (exact) mass is 752 g/mol. The number of amides is 1. The van der Waals surface area contributed by atoms with Gasteiger partial charge < -0.3 is 28.7 Å². The third-order valence-electron chi connectivity index (χ3n) is 10.2. The van der Waals surface area contributed by atoms with Crippen LogP contribution in [0.15, 0.2) is 24.3 Å². The van der Waals surface area contributed by atoms with Crippen LogP contribution in [0.2, 0.25) is 0 Å². The fourth-order valence-corrected chi connectivity index (χ4v) is 7.79. The number of nitrogens with zero attached hydrogens (tertiary/aromatic N) is 6. The van der Waals surface area contributed by atoms with Crippen LogP contribution in [0.25, 0.3) is 32.9 Å². The fraction of sp³-hybridized carbons (Fsp3) is 0.550. The predicted molar refractivity (Wildman–Crippen MR) is 202 cm³/mol. The van der Waals surface area contributed by atoms with Crippen molar-refractivity contribution in [3.05, 3.63) is 47.4 Å². The molecule has 7 rings (SSSR count). The van der Waals surface area contributed by atoms with Crippen LogP contribution in [0.1, 0.15) is 72.9 Å². The van der Waals surface area contributed by atoms with E-state index in [1.54, 1.807) is 4.90 Å². The van der Waals surface area contributed by atoms with E-state index < -0.39 is 29.1 Å². The van der Waals surface area contributed by atoms with Crippen molar-refractivity contribution in [3.63, 3.8) is 0 Å². The van der Waals surface area contributed by atoms with Crippen molar-refractivity contribution in [2.75, 3.05) is 64.7 Å². The summed E-state index contributed by atoms with van der Waals surface area (Å²) in [7, 11) is 1.46. The third-order valence-corrected chi connectivity index (χ3v) is 10.2. The second-order valence-corrected chi connectivity index (χ2v) is 14.8. The normalized spacial score (nSPS) is 17.1. The van der Waals surface area contributed by atoms with Crippen molar-refractivity contribution in [3.8, 4) is 23.0 Å². The zero-order chi connectivity index (χ0) is 38.8. The van der Waals surface area contributed by atoms with Crippen LogP contribution in [0.4, 0.5) is 23.8 Å². The second kappa shape index (κ2) is 16.1. The Kier molecular flexibility index (Phi) is 11.7. The number of aryl methyl sites for hydroxylation is 1. The largest absolute Gasteiger partial charge is 0.468 e. The number of piperazine rings is 1. The molecule has 5 heterocycles. The average molecular weight is 753 g/mol. The van der Waals surface area contributed by atoms with Crippen LogP contribution in [0.3, 0.4) is 0 Å². The molecule has 0 N–H and O–H groups in total. The topological polar surface area (TPSA) is 102 Å². The molecule has 0 spiro atoms. The summed E-state index contributed by atoms with van der Waals surface area (Å²) in [5.41, 5.74) is -0.525. The highest BCUT2D eigenvalue weighted by Crippen LogP contribution is 2.42. The molecule has 54 heavy (non-hydrogen) atoms. The Morgan fingerprint density at radius 1 is 0.889 bits per heavy atom. The smallest absolute Gasteiger partial charge is 0.410 e. The van der Waals surface area contributed by atoms with Gasteiger partial charge in [0.2, 0.25) is 0 Å². The lowest BCUT2D eigenvalue weighted by molar-refractivity contribution is 0.0240. The van der Waals surface area contributed by atoms with E-state index in [1.807, 2.05) is 46.4 Å². The first kappa shape index (κ1) is 39.3. The molecule has 2 aromatic carbocycles. The molecule has 3 fully saturated rings. The molecule has 0 radical (unpaired) electrons. The summed E-state index contributed by atoms with van der Waals surface area (Å²) in [6.07, 6.45) is 4.11. The third kappa shape index (κ3) is 7.72. The van der Waals surface area contributed by atoms with Crippen LogP contribution in [-0.2, 0) is 15.9 Å². The summed E-state index contributed by atoms with van der Waals surface area (Å²) < 4.78 is 70.2. The van der Waals surface area contributed by atoms with Gasteiger partial charge in [0.15, 0.2) is 24.2 Å². The minimum Gasteiger partial charge on any atom is -0.468 e. The molecule has 292 valence electrons. The Labute approximate surface area is 314 Å². The summed E-state index contributed by atoms with van der Waals surface area (Å²) >= 11 is 0. The zero-order valence-electron chi connectivity index (χ0n) is 32.4. The van der Waals surface area contributed by atoms with Crippen molar-refractivity contribution in [1.82, 2.24) is 24.8 Å². The van der Waals surface area contributed by atoms with E-state index in [1.165, 1.54) is 25.3 Å². The van der Waals surface area contributed by atoms with Crippen LogP contribution < -0.4 is 14.4 Å². The number of rotatable bonds is 9. The first-order valence-corrected chi connectivity index (χ1v) is 19.0. The quantitative estimate of drug-likeness (QED) is 0.157. The molecule has 0 bridgehead atoms. The van der Waals surface area contributed by atoms with Crippen LogP contribution in [-0.4, -0.2) is 102 Å². The zero-order valence-corrected chi connectivity index (χ0v) is 32.4. The summed E-state index contributed by atoms with van der Waals surface area (Å²) in [4.78, 5) is 33.3. The van der Waals surface area contributed by atoms with Gasteiger partial charge in [-0.25, -0.2) is 22.9 Å². The minimum absolute atomic E-state index is 0.00903. The Morgan fingerprint density at radius 3 is 2.24 bits per heavy atom. The molecule has 3 aliphatic rings. The lowest BCUT2D eigenvalue weighted by atomic mass is 9.95. The summed E-state index contributed by atoms with van der Waals surface area (Å²) in [6.45, 7) is 15.1. The highest BCUT2D eigenvalue weighted by molar-refractivity contribution is 6.01. The molecule has 3 aliphatic heterocycles. The first-order valence-electron chi connectivity index (χ1n) is 19.0. The molecule has 2 aromatic heterocycles. The molecule has 11 nitrogen and oxygen atoms in total. The molecule has 4 aromatic rings. The van der Waals surface area contributed by atoms with Gasteiger partial charge in [-0.05, 0) is 89.6 Å². The Morgan fingerprint density at radius 2 is 1.59 bits per heavy atom. The van der Waals surface area contributed by atoms with E-state index in [0.717, 1.165) is 44.8 Å². The van der Waals surface area contributed by atoms with Crippen LogP contribution in [0.5, 0.6) is 11.8 Å². The lowest BCUT2D eigenvalue weighted by Crippen LogP contribution is -2.50. The number of benzene rings is 2. The van der Waals surface area contributed by atoms with Crippen molar-refractivity contribution in [2.45, 2.75) is 84.8 Å². The van der Waals surface area contributed by atoms with Crippen molar-refractivity contribution in [2.24, 2.45) is 0 Å². The summed E-state index contributed by atoms with van der Waals surface area (Å²) in [6, 6.07) is 5.42. The van der Waals surface area contributed by atoms with Gasteiger partial charge in [0.1, 0.15) is 35.0 Å². The highest BCUT2D eigenvalue weighted by Gasteiger charge is 2.45. The molecule has 14 heteroatoms. The number of hydrogen-bond acceptors (Lipinski definition) is 10. The maximum atomic E-state index is 17.2. The SMILES string of the molecule is CC.CCc1nc(-c2cc(OCOC)cc3ccc(F)c(F)c23)c(F)c2nc(OCC34CCCN3CCC4)nc(N3CCN(C(=O)OC(C)(C)C)CC3)c12. The van der Waals surface area contributed by atoms with Crippen LogP contribution >= 0.6 is 0 Å². The number of fused-ring (bicyclic) bond motifs is 3. The fourth-order valence-electron chi connectivity index (χ4n) is 7.79. The van der Waals surface area contributed by atoms with E-state index in [2.05, 4.69) is 9.88 Å². The van der Waals surface area contributed by atoms with E-state index in [0.29, 0.717) is 61.5 Å². The number of aromatic nitrogens is 3. The molecule has 3 saturated heterocycles. The standard InChI is InChI=1S/C38H45F3N6O5.C2H6/c1-6-27-29-33(31(41)32(42-27)25-20-24(51-22-49-5)19-23-9-10-26(39)30(40)28(23)25)43-35(50-21-38-11-7-13-47(38)14-8-12-38)44-34(29)45-15-17-46(18-16-45)36(48)52-37(2,3)4;1-2/h9-10,19-20H,6-8,11-18,21-22H2,1-5H3;1-2H3. The van der Waals surface area contributed by atoms with E-state index >= 15 is 8.78 Å². The molecule has 0 aliphatic carbocycles. The predicted octanol–water partition coefficient (Wildman–Crippen LogP) is 7.90. The van der Waals surface area contributed by atoms with Crippen molar-refractivity contribution < 1.29 is 36.9 Å². The molecule has 1 amide bonds. The number of pyridine rings is 1. The number of methoxy groups -OCH3 is 1. The minimum atomic E-state index is -1.13. The van der Waals surface area contributed by atoms with Gasteiger partial charge in [-0.2, -0.15) is 9.97 Å². The van der Waals surface area contributed by atoms with Gasteiger partial charge in [0.25, 0.3) is 0 Å². The summed E-state index contributed by atoms with van der Waals surface area (Å²) in [5.74, 6) is -2.33. The second-order valence-electron chi connectivity index (χ2n) is 14.8. The maximum Gasteiger partial charge on any atom is 0.410 e. The van der Waals surface area contributed by atoms with Gasteiger partial charge >= 0.3 is 12.1 Å². The van der Waals surface area contributed by atoms with E-state index in [9.17, 15) is 9.18 Å². The van der Waals surface area contributed by atoms with Gasteiger partial charge in [0.05, 0.1) is 16.6 Å².